The molecule has 0 fully saturated rings. The Balaban J connectivity index is 2.79. The minimum atomic E-state index is -1.34. The van der Waals surface area contributed by atoms with E-state index >= 15 is 0 Å². The van der Waals surface area contributed by atoms with Crippen LogP contribution in [0.5, 0.6) is 0 Å². The highest BCUT2D eigenvalue weighted by molar-refractivity contribution is 5.86. The fraction of sp³-hybridized carbons (Fsp3) is 0.500. The van der Waals surface area contributed by atoms with Crippen LogP contribution >= 0.6 is 0 Å². The Bertz CT molecular complexity index is 554. The van der Waals surface area contributed by atoms with E-state index in [0.29, 0.717) is 5.69 Å². The lowest BCUT2D eigenvalue weighted by molar-refractivity contribution is -0.147. The van der Waals surface area contributed by atoms with E-state index in [2.05, 4.69) is 10.6 Å². The molecule has 0 heterocycles. The predicted octanol–water partition coefficient (Wildman–Crippen LogP) is 2.69. The van der Waals surface area contributed by atoms with Crippen molar-refractivity contribution in [2.45, 2.75) is 38.8 Å². The van der Waals surface area contributed by atoms with Crippen LogP contribution in [0.3, 0.4) is 0 Å². The highest BCUT2D eigenvalue weighted by Gasteiger charge is 2.37. The summed E-state index contributed by atoms with van der Waals surface area (Å²) in [6, 6.07) is 5.64. The topological polar surface area (TPSA) is 76.7 Å². The Labute approximate surface area is 135 Å². The molecule has 0 aliphatic carbocycles. The first-order valence-electron chi connectivity index (χ1n) is 7.15. The zero-order valence-electron chi connectivity index (χ0n) is 14.0. The van der Waals surface area contributed by atoms with Gasteiger partial charge in [0, 0.05) is 12.2 Å². The van der Waals surface area contributed by atoms with Gasteiger partial charge in [-0.25, -0.2) is 14.0 Å². The molecule has 0 aliphatic rings. The van der Waals surface area contributed by atoms with E-state index < -0.39 is 23.2 Å². The van der Waals surface area contributed by atoms with Gasteiger partial charge in [-0.05, 0) is 52.0 Å². The quantitative estimate of drug-likeness (QED) is 0.814. The van der Waals surface area contributed by atoms with Gasteiger partial charge < -0.3 is 20.1 Å². The van der Waals surface area contributed by atoms with E-state index in [4.69, 9.17) is 9.47 Å². The summed E-state index contributed by atoms with van der Waals surface area (Å²) in [4.78, 5) is 23.9. The second-order valence-corrected chi connectivity index (χ2v) is 6.31. The van der Waals surface area contributed by atoms with E-state index in [-0.39, 0.29) is 12.4 Å². The third-order valence-corrected chi connectivity index (χ3v) is 2.90. The van der Waals surface area contributed by atoms with E-state index in [1.54, 1.807) is 20.8 Å². The van der Waals surface area contributed by atoms with Gasteiger partial charge in [0.15, 0.2) is 5.54 Å². The molecule has 0 radical (unpaired) electrons. The number of nitrogens with one attached hydrogen (secondary N) is 2. The molecule has 0 aliphatic heterocycles. The molecule has 128 valence electrons. The summed E-state index contributed by atoms with van der Waals surface area (Å²) in [6.45, 7) is 6.72. The van der Waals surface area contributed by atoms with Gasteiger partial charge in [0.25, 0.3) is 0 Å². The maximum atomic E-state index is 12.9. The SMILES string of the molecule is COC(=O)C(C)(CNc1ccc(F)cc1)NC(=O)OC(C)(C)C. The first-order valence-corrected chi connectivity index (χ1v) is 7.15. The Morgan fingerprint density at radius 1 is 1.13 bits per heavy atom. The van der Waals surface area contributed by atoms with Gasteiger partial charge in [-0.2, -0.15) is 0 Å². The Morgan fingerprint density at radius 3 is 2.17 bits per heavy atom. The summed E-state index contributed by atoms with van der Waals surface area (Å²) in [5.41, 5.74) is -1.43. The second-order valence-electron chi connectivity index (χ2n) is 6.31. The molecule has 0 saturated heterocycles. The van der Waals surface area contributed by atoms with Crippen LogP contribution in [-0.4, -0.2) is 36.9 Å². The van der Waals surface area contributed by atoms with Crippen molar-refractivity contribution in [2.75, 3.05) is 19.0 Å². The zero-order chi connectivity index (χ0) is 17.7. The fourth-order valence-corrected chi connectivity index (χ4v) is 1.77. The lowest BCUT2D eigenvalue weighted by Gasteiger charge is -2.30. The number of amides is 1. The molecule has 1 aromatic rings. The van der Waals surface area contributed by atoms with Crippen molar-refractivity contribution >= 4 is 17.7 Å². The van der Waals surface area contributed by atoms with Crippen LogP contribution in [0.1, 0.15) is 27.7 Å². The monoisotopic (exact) mass is 326 g/mol. The largest absolute Gasteiger partial charge is 0.467 e. The Kier molecular flexibility index (Phi) is 5.95. The summed E-state index contributed by atoms with van der Waals surface area (Å²) in [7, 11) is 1.23. The normalized spacial score (nSPS) is 13.7. The van der Waals surface area contributed by atoms with Gasteiger partial charge in [0.05, 0.1) is 7.11 Å². The molecule has 6 nitrogen and oxygen atoms in total. The molecule has 0 spiro atoms. The summed E-state index contributed by atoms with van der Waals surface area (Å²) >= 11 is 0. The van der Waals surface area contributed by atoms with Crippen molar-refractivity contribution < 1.29 is 23.5 Å². The first-order chi connectivity index (χ1) is 10.6. The number of halogens is 1. The lowest BCUT2D eigenvalue weighted by Crippen LogP contribution is -2.57. The molecule has 0 saturated carbocycles. The molecule has 0 bridgehead atoms. The second kappa shape index (κ2) is 7.30. The molecule has 1 amide bonds. The third kappa shape index (κ3) is 6.14. The average molecular weight is 326 g/mol. The number of hydrogen-bond donors (Lipinski definition) is 2. The van der Waals surface area contributed by atoms with Crippen molar-refractivity contribution in [3.05, 3.63) is 30.1 Å². The van der Waals surface area contributed by atoms with Gasteiger partial charge in [-0.1, -0.05) is 0 Å². The van der Waals surface area contributed by atoms with Crippen LogP contribution in [0.4, 0.5) is 14.9 Å². The molecule has 0 aromatic heterocycles. The minimum absolute atomic E-state index is 0.0462. The van der Waals surface area contributed by atoms with Crippen LogP contribution in [0.25, 0.3) is 0 Å². The number of hydrogen-bond acceptors (Lipinski definition) is 5. The van der Waals surface area contributed by atoms with E-state index in [1.165, 1.54) is 38.3 Å². The van der Waals surface area contributed by atoms with Crippen molar-refractivity contribution in [1.82, 2.24) is 5.32 Å². The van der Waals surface area contributed by atoms with Gasteiger partial charge in [0.2, 0.25) is 0 Å². The Morgan fingerprint density at radius 2 is 1.70 bits per heavy atom. The van der Waals surface area contributed by atoms with Crippen LogP contribution in [-0.2, 0) is 14.3 Å². The molecular weight excluding hydrogens is 303 g/mol. The van der Waals surface area contributed by atoms with Crippen LogP contribution in [0.2, 0.25) is 0 Å². The number of rotatable bonds is 5. The van der Waals surface area contributed by atoms with E-state index in [0.717, 1.165) is 0 Å². The van der Waals surface area contributed by atoms with Crippen molar-refractivity contribution in [2.24, 2.45) is 0 Å². The number of benzene rings is 1. The standard InChI is InChI=1S/C16H23FN2O4/c1-15(2,3)23-14(21)19-16(4,13(20)22-5)10-18-12-8-6-11(17)7-9-12/h6-9,18H,10H2,1-5H3,(H,19,21). The van der Waals surface area contributed by atoms with E-state index in [1.807, 2.05) is 0 Å². The number of carbonyl (C=O) groups excluding carboxylic acids is 2. The third-order valence-electron chi connectivity index (χ3n) is 2.90. The van der Waals surface area contributed by atoms with Crippen molar-refractivity contribution in [1.29, 1.82) is 0 Å². The summed E-state index contributed by atoms with van der Waals surface area (Å²) in [5, 5.41) is 5.47. The van der Waals surface area contributed by atoms with Crippen LogP contribution in [0, 0.1) is 5.82 Å². The predicted molar refractivity (Wildman–Crippen MR) is 84.7 cm³/mol. The molecule has 1 rings (SSSR count). The maximum absolute atomic E-state index is 12.9. The number of esters is 1. The smallest absolute Gasteiger partial charge is 0.408 e. The number of alkyl carbamates (subject to hydrolysis) is 1. The number of ether oxygens (including phenoxy) is 2. The summed E-state index contributed by atoms with van der Waals surface area (Å²) < 4.78 is 22.8. The summed E-state index contributed by atoms with van der Waals surface area (Å²) in [5.74, 6) is -0.990. The molecule has 7 heteroatoms. The summed E-state index contributed by atoms with van der Waals surface area (Å²) in [6.07, 6.45) is -0.730. The van der Waals surface area contributed by atoms with Gasteiger partial charge in [-0.15, -0.1) is 0 Å². The van der Waals surface area contributed by atoms with Crippen LogP contribution in [0.15, 0.2) is 24.3 Å². The van der Waals surface area contributed by atoms with Crippen molar-refractivity contribution in [3.63, 3.8) is 0 Å². The molecule has 2 N–H and O–H groups in total. The van der Waals surface area contributed by atoms with Gasteiger partial charge >= 0.3 is 12.1 Å². The van der Waals surface area contributed by atoms with E-state index in [9.17, 15) is 14.0 Å². The Hall–Kier alpha value is -2.31. The maximum Gasteiger partial charge on any atom is 0.408 e. The minimum Gasteiger partial charge on any atom is -0.467 e. The highest BCUT2D eigenvalue weighted by Crippen LogP contribution is 2.14. The lowest BCUT2D eigenvalue weighted by atomic mass is 10.0. The number of carbonyl (C=O) groups is 2. The molecule has 1 unspecified atom stereocenters. The number of anilines is 1. The van der Waals surface area contributed by atoms with Gasteiger partial charge in [-0.3, -0.25) is 0 Å². The van der Waals surface area contributed by atoms with Crippen LogP contribution < -0.4 is 10.6 Å². The molecular formula is C16H23FN2O4. The first kappa shape index (κ1) is 18.7. The number of methoxy groups -OCH3 is 1. The molecule has 1 atom stereocenters. The zero-order valence-corrected chi connectivity index (χ0v) is 14.0. The highest BCUT2D eigenvalue weighted by atomic mass is 19.1. The fourth-order valence-electron chi connectivity index (χ4n) is 1.77. The molecule has 23 heavy (non-hydrogen) atoms. The van der Waals surface area contributed by atoms with Gasteiger partial charge in [0.1, 0.15) is 11.4 Å². The average Bonchev–Trinajstić information content (AvgIpc) is 2.43. The van der Waals surface area contributed by atoms with Crippen molar-refractivity contribution in [3.8, 4) is 0 Å². The molecule has 1 aromatic carbocycles.